The topological polar surface area (TPSA) is 53.7 Å². The van der Waals surface area contributed by atoms with E-state index in [1.807, 2.05) is 48.5 Å². The maximum Gasteiger partial charge on any atom is 0.189 e. The fourth-order valence-electron chi connectivity index (χ4n) is 2.01. The second-order valence-corrected chi connectivity index (χ2v) is 4.61. The number of hydrogen-bond donors (Lipinski definition) is 1. The molecule has 112 valence electrons. The molecule has 0 amide bonds. The Kier molecular flexibility index (Phi) is 6.06. The minimum absolute atomic E-state index is 0.207. The molecular formula is C17H21NO3. The van der Waals surface area contributed by atoms with E-state index in [0.717, 1.165) is 29.0 Å². The van der Waals surface area contributed by atoms with Crippen molar-refractivity contribution < 1.29 is 14.2 Å². The average Bonchev–Trinajstić information content (AvgIpc) is 2.54. The fraction of sp³-hybridized carbons (Fsp3) is 0.294. The first-order valence-electron chi connectivity index (χ1n) is 6.95. The predicted molar refractivity (Wildman–Crippen MR) is 82.5 cm³/mol. The van der Waals surface area contributed by atoms with Gasteiger partial charge in [-0.15, -0.1) is 0 Å². The molecule has 0 saturated carbocycles. The second-order valence-electron chi connectivity index (χ2n) is 4.61. The van der Waals surface area contributed by atoms with Crippen LogP contribution in [0.2, 0.25) is 0 Å². The van der Waals surface area contributed by atoms with Crippen molar-refractivity contribution in [3.63, 3.8) is 0 Å². The number of hydrogen-bond acceptors (Lipinski definition) is 4. The second kappa shape index (κ2) is 8.29. The van der Waals surface area contributed by atoms with Gasteiger partial charge < -0.3 is 19.9 Å². The van der Waals surface area contributed by atoms with Gasteiger partial charge in [0.1, 0.15) is 11.5 Å². The third-order valence-corrected chi connectivity index (χ3v) is 3.09. The van der Waals surface area contributed by atoms with Crippen LogP contribution in [-0.4, -0.2) is 20.4 Å². The fourth-order valence-corrected chi connectivity index (χ4v) is 2.01. The van der Waals surface area contributed by atoms with E-state index in [1.165, 1.54) is 0 Å². The number of nitrogens with two attached hydrogens (primary N) is 1. The minimum Gasteiger partial charge on any atom is -0.497 e. The van der Waals surface area contributed by atoms with Crippen molar-refractivity contribution in [3.8, 4) is 11.5 Å². The van der Waals surface area contributed by atoms with Crippen LogP contribution in [0.5, 0.6) is 11.5 Å². The standard InChI is InChI=1S/C17H21NO3/c1-19-16-7-8-17(15(11-16)9-10-18)21-13-20-12-14-5-3-2-4-6-14/h2-8,11H,9-10,12-13,18H2,1H3. The molecule has 0 aliphatic carbocycles. The van der Waals surface area contributed by atoms with Gasteiger partial charge in [0.15, 0.2) is 6.79 Å². The minimum atomic E-state index is 0.207. The first-order valence-corrected chi connectivity index (χ1v) is 6.95. The van der Waals surface area contributed by atoms with Crippen molar-refractivity contribution in [1.82, 2.24) is 0 Å². The molecule has 4 nitrogen and oxygen atoms in total. The van der Waals surface area contributed by atoms with Crippen molar-refractivity contribution in [3.05, 3.63) is 59.7 Å². The molecule has 0 spiro atoms. The molecule has 0 aliphatic rings. The highest BCUT2D eigenvalue weighted by molar-refractivity contribution is 5.40. The highest BCUT2D eigenvalue weighted by atomic mass is 16.7. The zero-order chi connectivity index (χ0) is 14.9. The van der Waals surface area contributed by atoms with Crippen LogP contribution in [-0.2, 0) is 17.8 Å². The maximum absolute atomic E-state index is 5.68. The number of benzene rings is 2. The largest absolute Gasteiger partial charge is 0.497 e. The molecule has 0 radical (unpaired) electrons. The van der Waals surface area contributed by atoms with Gasteiger partial charge in [0.25, 0.3) is 0 Å². The summed E-state index contributed by atoms with van der Waals surface area (Å²) in [6.45, 7) is 1.30. The van der Waals surface area contributed by atoms with E-state index in [0.29, 0.717) is 13.2 Å². The summed E-state index contributed by atoms with van der Waals surface area (Å²) in [5.41, 5.74) is 7.78. The molecule has 2 aromatic rings. The lowest BCUT2D eigenvalue weighted by molar-refractivity contribution is 0.00452. The molecule has 0 atom stereocenters. The molecule has 2 aromatic carbocycles. The predicted octanol–water partition coefficient (Wildman–Crippen LogP) is 2.75. The van der Waals surface area contributed by atoms with Crippen LogP contribution < -0.4 is 15.2 Å². The van der Waals surface area contributed by atoms with Crippen molar-refractivity contribution >= 4 is 0 Å². The van der Waals surface area contributed by atoms with Crippen LogP contribution in [0.25, 0.3) is 0 Å². The molecule has 0 bridgehead atoms. The van der Waals surface area contributed by atoms with E-state index in [2.05, 4.69) is 0 Å². The molecule has 0 heterocycles. The van der Waals surface area contributed by atoms with Crippen LogP contribution in [0.15, 0.2) is 48.5 Å². The molecule has 0 saturated heterocycles. The molecule has 2 N–H and O–H groups in total. The van der Waals surface area contributed by atoms with Crippen molar-refractivity contribution in [2.75, 3.05) is 20.4 Å². The molecule has 0 fully saturated rings. The molecule has 2 rings (SSSR count). The molecule has 0 aliphatic heterocycles. The monoisotopic (exact) mass is 287 g/mol. The Morgan fingerprint density at radius 3 is 2.57 bits per heavy atom. The highest BCUT2D eigenvalue weighted by Crippen LogP contribution is 2.24. The Hall–Kier alpha value is -2.04. The first-order chi connectivity index (χ1) is 10.3. The van der Waals surface area contributed by atoms with Gasteiger partial charge in [-0.25, -0.2) is 0 Å². The Morgan fingerprint density at radius 1 is 1.05 bits per heavy atom. The summed E-state index contributed by atoms with van der Waals surface area (Å²) in [5.74, 6) is 1.59. The average molecular weight is 287 g/mol. The number of ether oxygens (including phenoxy) is 3. The normalized spacial score (nSPS) is 10.4. The van der Waals surface area contributed by atoms with Gasteiger partial charge in [-0.3, -0.25) is 0 Å². The van der Waals surface area contributed by atoms with Gasteiger partial charge >= 0.3 is 0 Å². The van der Waals surface area contributed by atoms with Crippen molar-refractivity contribution in [1.29, 1.82) is 0 Å². The quantitative estimate of drug-likeness (QED) is 0.599. The van der Waals surface area contributed by atoms with E-state index in [9.17, 15) is 0 Å². The Morgan fingerprint density at radius 2 is 1.86 bits per heavy atom. The van der Waals surface area contributed by atoms with Gasteiger partial charge in [0, 0.05) is 0 Å². The van der Waals surface area contributed by atoms with E-state index >= 15 is 0 Å². The van der Waals surface area contributed by atoms with Crippen LogP contribution in [0, 0.1) is 0 Å². The van der Waals surface area contributed by atoms with Crippen molar-refractivity contribution in [2.45, 2.75) is 13.0 Å². The van der Waals surface area contributed by atoms with Crippen LogP contribution in [0.4, 0.5) is 0 Å². The third kappa shape index (κ3) is 4.77. The summed E-state index contributed by atoms with van der Waals surface area (Å²) in [4.78, 5) is 0. The summed E-state index contributed by atoms with van der Waals surface area (Å²) >= 11 is 0. The molecule has 4 heteroatoms. The first kappa shape index (κ1) is 15.4. The lowest BCUT2D eigenvalue weighted by Gasteiger charge is -2.12. The Labute approximate surface area is 125 Å². The molecule has 21 heavy (non-hydrogen) atoms. The van der Waals surface area contributed by atoms with Gasteiger partial charge in [0.05, 0.1) is 13.7 Å². The molecule has 0 aromatic heterocycles. The summed E-state index contributed by atoms with van der Waals surface area (Å²) in [6, 6.07) is 15.7. The number of methoxy groups -OCH3 is 1. The summed E-state index contributed by atoms with van der Waals surface area (Å²) < 4.78 is 16.4. The SMILES string of the molecule is COc1ccc(OCOCc2ccccc2)c(CCN)c1. The van der Waals surface area contributed by atoms with Crippen LogP contribution >= 0.6 is 0 Å². The van der Waals surface area contributed by atoms with Crippen LogP contribution in [0.3, 0.4) is 0 Å². The van der Waals surface area contributed by atoms with E-state index < -0.39 is 0 Å². The zero-order valence-electron chi connectivity index (χ0n) is 12.2. The van der Waals surface area contributed by atoms with Gasteiger partial charge in [-0.2, -0.15) is 0 Å². The Balaban J connectivity index is 1.87. The lowest BCUT2D eigenvalue weighted by atomic mass is 10.1. The molecular weight excluding hydrogens is 266 g/mol. The smallest absolute Gasteiger partial charge is 0.189 e. The Bertz CT molecular complexity index is 543. The van der Waals surface area contributed by atoms with Gasteiger partial charge in [-0.1, -0.05) is 30.3 Å². The van der Waals surface area contributed by atoms with E-state index in [4.69, 9.17) is 19.9 Å². The van der Waals surface area contributed by atoms with Crippen LogP contribution in [0.1, 0.15) is 11.1 Å². The summed E-state index contributed by atoms with van der Waals surface area (Å²) in [6.07, 6.45) is 0.741. The summed E-state index contributed by atoms with van der Waals surface area (Å²) in [5, 5.41) is 0. The van der Waals surface area contributed by atoms with E-state index in [1.54, 1.807) is 7.11 Å². The number of rotatable bonds is 8. The lowest BCUT2D eigenvalue weighted by Crippen LogP contribution is -2.08. The van der Waals surface area contributed by atoms with Gasteiger partial charge in [-0.05, 0) is 42.3 Å². The third-order valence-electron chi connectivity index (χ3n) is 3.09. The zero-order valence-corrected chi connectivity index (χ0v) is 12.2. The highest BCUT2D eigenvalue weighted by Gasteiger charge is 2.05. The maximum atomic E-state index is 5.68. The van der Waals surface area contributed by atoms with Gasteiger partial charge in [0.2, 0.25) is 0 Å². The van der Waals surface area contributed by atoms with Crippen molar-refractivity contribution in [2.24, 2.45) is 5.73 Å². The van der Waals surface area contributed by atoms with E-state index in [-0.39, 0.29) is 6.79 Å². The molecule has 0 unspecified atom stereocenters. The summed E-state index contributed by atoms with van der Waals surface area (Å²) in [7, 11) is 1.64.